The van der Waals surface area contributed by atoms with Crippen LogP contribution in [0.4, 0.5) is 8.78 Å². The number of amides is 1. The molecule has 2 aromatic carbocycles. The summed E-state index contributed by atoms with van der Waals surface area (Å²) in [7, 11) is 1.58. The van der Waals surface area contributed by atoms with Gasteiger partial charge in [-0.25, -0.2) is 4.99 Å². The fraction of sp³-hybridized carbons (Fsp3) is 0.333. The van der Waals surface area contributed by atoms with E-state index in [0.29, 0.717) is 30.2 Å². The van der Waals surface area contributed by atoms with Crippen molar-refractivity contribution in [2.24, 2.45) is 4.99 Å². The zero-order valence-electron chi connectivity index (χ0n) is 16.9. The van der Waals surface area contributed by atoms with Gasteiger partial charge < -0.3 is 25.8 Å². The number of alkyl halides is 2. The van der Waals surface area contributed by atoms with Crippen molar-refractivity contribution in [3.8, 4) is 5.75 Å². The summed E-state index contributed by atoms with van der Waals surface area (Å²) in [6.07, 6.45) is -0.860. The van der Waals surface area contributed by atoms with Crippen molar-refractivity contribution in [3.63, 3.8) is 0 Å². The van der Waals surface area contributed by atoms with Gasteiger partial charge in [-0.05, 0) is 42.3 Å². The molecule has 0 spiro atoms. The van der Waals surface area contributed by atoms with Crippen molar-refractivity contribution in [1.29, 1.82) is 0 Å². The first-order valence-corrected chi connectivity index (χ1v) is 9.49. The molecule has 0 radical (unpaired) electrons. The molecule has 0 fully saturated rings. The smallest absolute Gasteiger partial charge is 0.387 e. The summed E-state index contributed by atoms with van der Waals surface area (Å²) in [6, 6.07) is 12.9. The predicted octanol–water partition coefficient (Wildman–Crippen LogP) is 2.44. The lowest BCUT2D eigenvalue weighted by Crippen LogP contribution is -2.39. The monoisotopic (exact) mass is 420 g/mol. The number of rotatable bonds is 9. The third kappa shape index (κ3) is 7.32. The highest BCUT2D eigenvalue weighted by Gasteiger charge is 2.10. The largest absolute Gasteiger partial charge is 0.435 e. The first-order valence-electron chi connectivity index (χ1n) is 9.49. The number of ether oxygens (including phenoxy) is 1. The van der Waals surface area contributed by atoms with Crippen LogP contribution in [0.15, 0.2) is 53.5 Å². The molecular weight excluding hydrogens is 394 g/mol. The van der Waals surface area contributed by atoms with Gasteiger partial charge in [0, 0.05) is 25.7 Å². The standard InChI is InChI=1S/C21H26F2N4O3/c1-3-25-21(26-12-14-4-6-16(7-5-14)19(29)24-2)27-13-18(28)15-8-10-17(11-9-15)30-20(22)23/h4-11,18,20,28H,3,12-13H2,1-2H3,(H,24,29)(H2,25,26,27). The number of carbonyl (C=O) groups excluding carboxylic acids is 1. The van der Waals surface area contributed by atoms with E-state index in [1.165, 1.54) is 24.3 Å². The van der Waals surface area contributed by atoms with Crippen molar-refractivity contribution in [3.05, 3.63) is 65.2 Å². The van der Waals surface area contributed by atoms with E-state index in [1.54, 1.807) is 19.2 Å². The molecule has 0 aliphatic rings. The Hall–Kier alpha value is -3.20. The Morgan fingerprint density at radius 1 is 1.10 bits per heavy atom. The number of halogens is 2. The van der Waals surface area contributed by atoms with Gasteiger partial charge in [-0.3, -0.25) is 4.79 Å². The van der Waals surface area contributed by atoms with Crippen molar-refractivity contribution >= 4 is 11.9 Å². The molecule has 2 aromatic rings. The second-order valence-electron chi connectivity index (χ2n) is 6.32. The summed E-state index contributed by atoms with van der Waals surface area (Å²) in [5.74, 6) is 0.402. The molecule has 4 N–H and O–H groups in total. The lowest BCUT2D eigenvalue weighted by molar-refractivity contribution is -0.0498. The van der Waals surface area contributed by atoms with E-state index in [2.05, 4.69) is 25.7 Å². The van der Waals surface area contributed by atoms with E-state index in [1.807, 2.05) is 19.1 Å². The minimum Gasteiger partial charge on any atom is -0.435 e. The average molecular weight is 420 g/mol. The number of carbonyl (C=O) groups is 1. The molecule has 0 heterocycles. The third-order valence-electron chi connectivity index (χ3n) is 4.16. The van der Waals surface area contributed by atoms with Gasteiger partial charge in [0.25, 0.3) is 5.91 Å². The number of guanidine groups is 1. The fourth-order valence-corrected chi connectivity index (χ4v) is 2.60. The van der Waals surface area contributed by atoms with E-state index in [4.69, 9.17) is 0 Å². The summed E-state index contributed by atoms with van der Waals surface area (Å²) in [6.45, 7) is 0.238. The number of nitrogens with one attached hydrogen (secondary N) is 3. The zero-order chi connectivity index (χ0) is 21.9. The summed E-state index contributed by atoms with van der Waals surface area (Å²) >= 11 is 0. The molecule has 7 nitrogen and oxygen atoms in total. The third-order valence-corrected chi connectivity index (χ3v) is 4.16. The van der Waals surface area contributed by atoms with Gasteiger partial charge in [-0.2, -0.15) is 8.78 Å². The van der Waals surface area contributed by atoms with E-state index >= 15 is 0 Å². The highest BCUT2D eigenvalue weighted by atomic mass is 19.3. The normalized spacial score (nSPS) is 12.4. The number of hydrogen-bond donors (Lipinski definition) is 4. The van der Waals surface area contributed by atoms with Gasteiger partial charge in [0.05, 0.1) is 12.6 Å². The van der Waals surface area contributed by atoms with Gasteiger partial charge in [0.1, 0.15) is 5.75 Å². The number of aliphatic imine (C=N–C) groups is 1. The minimum atomic E-state index is -2.89. The summed E-state index contributed by atoms with van der Waals surface area (Å²) < 4.78 is 28.7. The molecule has 0 saturated carbocycles. The van der Waals surface area contributed by atoms with E-state index in [-0.39, 0.29) is 18.2 Å². The van der Waals surface area contributed by atoms with Crippen LogP contribution in [0.3, 0.4) is 0 Å². The van der Waals surface area contributed by atoms with E-state index < -0.39 is 12.7 Å². The Balaban J connectivity index is 1.93. The Bertz CT molecular complexity index is 827. The quantitative estimate of drug-likeness (QED) is 0.369. The second kappa shape index (κ2) is 11.7. The van der Waals surface area contributed by atoms with Crippen LogP contribution in [0.2, 0.25) is 0 Å². The summed E-state index contributed by atoms with van der Waals surface area (Å²) in [4.78, 5) is 16.1. The Labute approximate surface area is 174 Å². The van der Waals surface area contributed by atoms with Crippen LogP contribution in [0.1, 0.15) is 34.5 Å². The molecule has 9 heteroatoms. The van der Waals surface area contributed by atoms with Gasteiger partial charge in [0.15, 0.2) is 5.96 Å². The highest BCUT2D eigenvalue weighted by Crippen LogP contribution is 2.19. The van der Waals surface area contributed by atoms with Crippen molar-refractivity contribution in [2.45, 2.75) is 26.2 Å². The minimum absolute atomic E-state index is 0.0336. The van der Waals surface area contributed by atoms with Gasteiger partial charge in [-0.15, -0.1) is 0 Å². The molecule has 0 aromatic heterocycles. The average Bonchev–Trinajstić information content (AvgIpc) is 2.75. The highest BCUT2D eigenvalue weighted by molar-refractivity contribution is 5.93. The fourth-order valence-electron chi connectivity index (χ4n) is 2.60. The number of benzene rings is 2. The molecule has 2 rings (SSSR count). The Kier molecular flexibility index (Phi) is 9.02. The van der Waals surface area contributed by atoms with Crippen LogP contribution < -0.4 is 20.7 Å². The zero-order valence-corrected chi connectivity index (χ0v) is 16.9. The maximum absolute atomic E-state index is 12.2. The molecule has 0 aliphatic heterocycles. The lowest BCUT2D eigenvalue weighted by atomic mass is 10.1. The SMILES string of the molecule is CCNC(=NCc1ccc(C(=O)NC)cc1)NCC(O)c1ccc(OC(F)F)cc1. The molecule has 1 amide bonds. The molecule has 30 heavy (non-hydrogen) atoms. The van der Waals surface area contributed by atoms with Gasteiger partial charge >= 0.3 is 6.61 Å². The topological polar surface area (TPSA) is 95.0 Å². The van der Waals surface area contributed by atoms with Crippen LogP contribution >= 0.6 is 0 Å². The van der Waals surface area contributed by atoms with Crippen LogP contribution in [0.25, 0.3) is 0 Å². The molecule has 0 saturated heterocycles. The van der Waals surface area contributed by atoms with Crippen LogP contribution in [-0.2, 0) is 6.54 Å². The van der Waals surface area contributed by atoms with Crippen LogP contribution in [-0.4, -0.2) is 43.7 Å². The number of aliphatic hydroxyl groups is 1. The molecule has 1 atom stereocenters. The second-order valence-corrected chi connectivity index (χ2v) is 6.32. The van der Waals surface area contributed by atoms with Gasteiger partial charge in [-0.1, -0.05) is 24.3 Å². The molecule has 1 unspecified atom stereocenters. The maximum atomic E-state index is 12.2. The van der Waals surface area contributed by atoms with Crippen molar-refractivity contribution < 1.29 is 23.4 Å². The molecule has 0 bridgehead atoms. The first-order chi connectivity index (χ1) is 14.4. The van der Waals surface area contributed by atoms with Crippen LogP contribution in [0.5, 0.6) is 5.75 Å². The Morgan fingerprint density at radius 2 is 1.77 bits per heavy atom. The van der Waals surface area contributed by atoms with Crippen molar-refractivity contribution in [2.75, 3.05) is 20.1 Å². The maximum Gasteiger partial charge on any atom is 0.387 e. The lowest BCUT2D eigenvalue weighted by Gasteiger charge is -2.16. The van der Waals surface area contributed by atoms with Crippen molar-refractivity contribution in [1.82, 2.24) is 16.0 Å². The molecular formula is C21H26F2N4O3. The number of nitrogens with zero attached hydrogens (tertiary/aromatic N) is 1. The summed E-state index contributed by atoms with van der Waals surface area (Å²) in [5, 5.41) is 19.0. The summed E-state index contributed by atoms with van der Waals surface area (Å²) in [5.41, 5.74) is 2.06. The molecule has 0 aliphatic carbocycles. The Morgan fingerprint density at radius 3 is 2.33 bits per heavy atom. The predicted molar refractivity (Wildman–Crippen MR) is 111 cm³/mol. The van der Waals surface area contributed by atoms with E-state index in [0.717, 1.165) is 5.56 Å². The van der Waals surface area contributed by atoms with Gasteiger partial charge in [0.2, 0.25) is 0 Å². The number of hydrogen-bond acceptors (Lipinski definition) is 4. The first kappa shape index (κ1) is 23.1. The number of aliphatic hydroxyl groups excluding tert-OH is 1. The van der Waals surface area contributed by atoms with E-state index in [9.17, 15) is 18.7 Å². The van der Waals surface area contributed by atoms with Crippen LogP contribution in [0, 0.1) is 0 Å². The molecule has 162 valence electrons.